The number of amides is 1. The second-order valence-electron chi connectivity index (χ2n) is 6.15. The van der Waals surface area contributed by atoms with Gasteiger partial charge >= 0.3 is 6.18 Å². The van der Waals surface area contributed by atoms with E-state index < -0.39 is 24.7 Å². The Kier molecular flexibility index (Phi) is 5.81. The van der Waals surface area contributed by atoms with Gasteiger partial charge < -0.3 is 10.1 Å². The van der Waals surface area contributed by atoms with Crippen molar-refractivity contribution in [2.45, 2.75) is 19.1 Å². The highest BCUT2D eigenvalue weighted by Crippen LogP contribution is 2.33. The molecule has 5 nitrogen and oxygen atoms in total. The van der Waals surface area contributed by atoms with Crippen LogP contribution in [0.25, 0.3) is 0 Å². The molecule has 1 aliphatic rings. The number of nitrogens with one attached hydrogen (secondary N) is 2. The van der Waals surface area contributed by atoms with Crippen molar-refractivity contribution in [1.29, 1.82) is 0 Å². The number of anilines is 2. The molecule has 2 aromatic carbocycles. The van der Waals surface area contributed by atoms with Gasteiger partial charge in [0, 0.05) is 11.8 Å². The third-order valence-electron chi connectivity index (χ3n) is 3.90. The molecule has 1 amide bonds. The number of hydrazine groups is 1. The number of halogens is 4. The zero-order valence-corrected chi connectivity index (χ0v) is 15.5. The van der Waals surface area contributed by atoms with E-state index >= 15 is 0 Å². The second-order valence-corrected chi connectivity index (χ2v) is 6.55. The molecule has 1 aliphatic heterocycles. The molecule has 2 aromatic rings. The number of hydrogen-bond acceptors (Lipinski definition) is 4. The minimum Gasteiger partial charge on any atom is -0.468 e. The fraction of sp³-hybridized carbons (Fsp3) is 0.211. The Bertz CT molecular complexity index is 902. The van der Waals surface area contributed by atoms with E-state index in [4.69, 9.17) is 16.3 Å². The molecule has 148 valence electrons. The number of hydrogen-bond donors (Lipinski definition) is 2. The Balaban J connectivity index is 1.73. The van der Waals surface area contributed by atoms with E-state index in [0.29, 0.717) is 5.69 Å². The zero-order chi connectivity index (χ0) is 20.3. The summed E-state index contributed by atoms with van der Waals surface area (Å²) in [5, 5.41) is 3.95. The molecule has 2 N–H and O–H groups in total. The molecule has 9 heteroatoms. The van der Waals surface area contributed by atoms with Crippen LogP contribution in [0.3, 0.4) is 0 Å². The maximum absolute atomic E-state index is 13.1. The first kappa shape index (κ1) is 20.0. The summed E-state index contributed by atoms with van der Waals surface area (Å²) in [7, 11) is 0. The van der Waals surface area contributed by atoms with E-state index in [1.807, 2.05) is 13.0 Å². The van der Waals surface area contributed by atoms with Gasteiger partial charge in [-0.25, -0.2) is 10.4 Å². The monoisotopic (exact) mass is 411 g/mol. The Labute approximate surface area is 164 Å². The largest absolute Gasteiger partial charge is 0.468 e. The second kappa shape index (κ2) is 8.12. The van der Waals surface area contributed by atoms with E-state index in [1.165, 1.54) is 6.07 Å². The van der Waals surface area contributed by atoms with Gasteiger partial charge in [0.25, 0.3) is 5.91 Å². The summed E-state index contributed by atoms with van der Waals surface area (Å²) in [6.07, 6.45) is -3.67. The van der Waals surface area contributed by atoms with Gasteiger partial charge in [-0.2, -0.15) is 13.2 Å². The van der Waals surface area contributed by atoms with Crippen LogP contribution in [0.2, 0.25) is 5.02 Å². The number of rotatable bonds is 5. The average molecular weight is 412 g/mol. The third kappa shape index (κ3) is 4.76. The molecule has 0 fully saturated rings. The molecule has 28 heavy (non-hydrogen) atoms. The molecule has 1 atom stereocenters. The van der Waals surface area contributed by atoms with Crippen molar-refractivity contribution in [1.82, 2.24) is 5.43 Å². The van der Waals surface area contributed by atoms with Crippen molar-refractivity contribution >= 4 is 28.9 Å². The fourth-order valence-corrected chi connectivity index (χ4v) is 2.84. The van der Waals surface area contributed by atoms with Gasteiger partial charge in [-0.05, 0) is 36.8 Å². The van der Waals surface area contributed by atoms with Crippen LogP contribution in [0, 0.1) is 6.92 Å². The van der Waals surface area contributed by atoms with Gasteiger partial charge in [0.05, 0.1) is 10.7 Å². The number of nitrogens with zero attached hydrogens (tertiary/aromatic N) is 1. The highest BCUT2D eigenvalue weighted by Gasteiger charge is 2.44. The maximum Gasteiger partial charge on any atom is 0.409 e. The number of para-hydroxylation sites is 1. The molecule has 0 aliphatic carbocycles. The van der Waals surface area contributed by atoms with Crippen molar-refractivity contribution in [3.05, 3.63) is 71.1 Å². The maximum atomic E-state index is 13.1. The van der Waals surface area contributed by atoms with E-state index in [1.54, 1.807) is 36.4 Å². The van der Waals surface area contributed by atoms with Crippen molar-refractivity contribution in [2.75, 3.05) is 16.9 Å². The van der Waals surface area contributed by atoms with Crippen LogP contribution in [0.5, 0.6) is 0 Å². The summed E-state index contributed by atoms with van der Waals surface area (Å²) in [4.78, 5) is 12.1. The zero-order valence-electron chi connectivity index (χ0n) is 14.8. The first-order valence-corrected chi connectivity index (χ1v) is 8.70. The summed E-state index contributed by atoms with van der Waals surface area (Å²) < 4.78 is 44.8. The summed E-state index contributed by atoms with van der Waals surface area (Å²) in [5.41, 5.74) is 4.10. The van der Waals surface area contributed by atoms with Crippen molar-refractivity contribution in [3.8, 4) is 0 Å². The summed E-state index contributed by atoms with van der Waals surface area (Å²) in [6, 6.07) is 11.5. The van der Waals surface area contributed by atoms with Crippen LogP contribution in [-0.4, -0.2) is 24.7 Å². The number of ether oxygens (including phenoxy) is 1. The number of aryl methyl sites for hydroxylation is 1. The number of benzene rings is 2. The molecule has 3 rings (SSSR count). The topological polar surface area (TPSA) is 53.6 Å². The lowest BCUT2D eigenvalue weighted by molar-refractivity contribution is -0.142. The summed E-state index contributed by atoms with van der Waals surface area (Å²) in [6.45, 7) is 1.41. The van der Waals surface area contributed by atoms with Gasteiger partial charge in [0.2, 0.25) is 5.88 Å². The van der Waals surface area contributed by atoms with Gasteiger partial charge in [-0.1, -0.05) is 35.9 Å². The quantitative estimate of drug-likeness (QED) is 0.765. The molecule has 0 spiro atoms. The highest BCUT2D eigenvalue weighted by atomic mass is 35.5. The Morgan fingerprint density at radius 1 is 1.25 bits per heavy atom. The molecule has 0 saturated carbocycles. The Morgan fingerprint density at radius 3 is 2.68 bits per heavy atom. The minimum absolute atomic E-state index is 0.158. The van der Waals surface area contributed by atoms with E-state index in [-0.39, 0.29) is 16.6 Å². The van der Waals surface area contributed by atoms with Crippen LogP contribution < -0.4 is 15.8 Å². The lowest BCUT2D eigenvalue weighted by Crippen LogP contribution is -2.45. The van der Waals surface area contributed by atoms with Gasteiger partial charge in [-0.3, -0.25) is 4.79 Å². The molecular formula is C19H17ClF3N3O2. The van der Waals surface area contributed by atoms with Crippen LogP contribution >= 0.6 is 11.6 Å². The highest BCUT2D eigenvalue weighted by molar-refractivity contribution is 6.33. The summed E-state index contributed by atoms with van der Waals surface area (Å²) >= 11 is 6.09. The average Bonchev–Trinajstić information content (AvgIpc) is 3.05. The molecular weight excluding hydrogens is 395 g/mol. The number of alkyl halides is 3. The summed E-state index contributed by atoms with van der Waals surface area (Å²) in [5.74, 6) is -0.657. The Hall–Kier alpha value is -2.71. The van der Waals surface area contributed by atoms with Gasteiger partial charge in [0.1, 0.15) is 6.04 Å². The predicted molar refractivity (Wildman–Crippen MR) is 101 cm³/mol. The molecule has 0 saturated heterocycles. The Morgan fingerprint density at radius 2 is 2.00 bits per heavy atom. The van der Waals surface area contributed by atoms with E-state index in [2.05, 4.69) is 10.7 Å². The fourth-order valence-electron chi connectivity index (χ4n) is 2.62. The normalized spacial score (nSPS) is 16.7. The molecule has 0 bridgehead atoms. The molecule has 1 unspecified atom stereocenters. The van der Waals surface area contributed by atoms with Crippen LogP contribution in [0.1, 0.15) is 5.56 Å². The third-order valence-corrected chi connectivity index (χ3v) is 4.22. The van der Waals surface area contributed by atoms with Crippen LogP contribution in [-0.2, 0) is 9.53 Å². The van der Waals surface area contributed by atoms with Gasteiger partial charge in [0.15, 0.2) is 6.61 Å². The van der Waals surface area contributed by atoms with Crippen molar-refractivity contribution in [2.24, 2.45) is 0 Å². The van der Waals surface area contributed by atoms with E-state index in [0.717, 1.165) is 16.6 Å². The minimum atomic E-state index is -4.53. The molecule has 1 heterocycles. The van der Waals surface area contributed by atoms with Crippen molar-refractivity contribution < 1.29 is 22.7 Å². The van der Waals surface area contributed by atoms with Crippen LogP contribution in [0.15, 0.2) is 60.5 Å². The lowest BCUT2D eigenvalue weighted by Gasteiger charge is -2.25. The molecule has 0 aromatic heterocycles. The number of carbonyl (C=O) groups is 1. The van der Waals surface area contributed by atoms with E-state index in [9.17, 15) is 18.0 Å². The lowest BCUT2D eigenvalue weighted by atomic mass is 10.2. The standard InChI is InChI=1S/C19H17ClF3N3O2/c1-12-5-4-6-13(9-12)24-17(27)11-28-18-10-16(19(21,22)23)25-26(18)15-8-3-2-7-14(15)20/h2-10,16,25H,11H2,1H3,(H,24,27). The first-order chi connectivity index (χ1) is 13.2. The van der Waals surface area contributed by atoms with Crippen LogP contribution in [0.4, 0.5) is 24.5 Å². The van der Waals surface area contributed by atoms with Crippen molar-refractivity contribution in [3.63, 3.8) is 0 Å². The first-order valence-electron chi connectivity index (χ1n) is 8.33. The van der Waals surface area contributed by atoms with Gasteiger partial charge in [-0.15, -0.1) is 0 Å². The molecule has 0 radical (unpaired) electrons. The number of carbonyl (C=O) groups excluding carboxylic acids is 1. The smallest absolute Gasteiger partial charge is 0.409 e. The predicted octanol–water partition coefficient (Wildman–Crippen LogP) is 4.40. The SMILES string of the molecule is Cc1cccc(NC(=O)COC2=CC(C(F)(F)F)NN2c2ccccc2Cl)c1.